The molecule has 2 aromatic rings. The summed E-state index contributed by atoms with van der Waals surface area (Å²) in [5.74, 6) is -2.24. The SMILES string of the molecule is O=C(O)CCCCCN1C(=O)C(=Cc2cccc(-c3ccc4c(c3)C(=O)C(=O)N4)n2)SC1=S. The van der Waals surface area contributed by atoms with Gasteiger partial charge >= 0.3 is 5.97 Å². The van der Waals surface area contributed by atoms with Gasteiger partial charge in [-0.1, -0.05) is 42.5 Å². The van der Waals surface area contributed by atoms with Crippen molar-refractivity contribution in [2.24, 2.45) is 0 Å². The van der Waals surface area contributed by atoms with E-state index in [0.717, 1.165) is 0 Å². The number of nitrogens with zero attached hydrogens (tertiary/aromatic N) is 2. The number of fused-ring (bicyclic) bond motifs is 1. The molecule has 168 valence electrons. The molecule has 8 nitrogen and oxygen atoms in total. The quantitative estimate of drug-likeness (QED) is 0.254. The molecule has 0 radical (unpaired) electrons. The van der Waals surface area contributed by atoms with Crippen LogP contribution in [0.5, 0.6) is 0 Å². The molecular formula is C23H19N3O5S2. The molecular weight excluding hydrogens is 462 g/mol. The second-order valence-corrected chi connectivity index (χ2v) is 9.20. The van der Waals surface area contributed by atoms with Crippen molar-refractivity contribution >= 4 is 63.6 Å². The third-order valence-electron chi connectivity index (χ3n) is 5.21. The molecule has 2 N–H and O–H groups in total. The van der Waals surface area contributed by atoms with Gasteiger partial charge in [-0.3, -0.25) is 24.1 Å². The molecule has 2 aliphatic heterocycles. The lowest BCUT2D eigenvalue weighted by atomic mass is 10.0. The number of ketones is 1. The highest BCUT2D eigenvalue weighted by Gasteiger charge is 2.32. The largest absolute Gasteiger partial charge is 0.481 e. The number of anilines is 1. The number of hydrogen-bond donors (Lipinski definition) is 2. The van der Waals surface area contributed by atoms with Gasteiger partial charge in [0.05, 0.1) is 27.5 Å². The lowest BCUT2D eigenvalue weighted by molar-refractivity contribution is -0.137. The zero-order valence-corrected chi connectivity index (χ0v) is 19.0. The molecule has 0 atom stereocenters. The van der Waals surface area contributed by atoms with Gasteiger partial charge in [-0.25, -0.2) is 4.98 Å². The minimum absolute atomic E-state index is 0.117. The number of carboxylic acids is 1. The normalized spacial score (nSPS) is 16.5. The molecule has 0 bridgehead atoms. The molecule has 10 heteroatoms. The van der Waals surface area contributed by atoms with E-state index in [-0.39, 0.29) is 12.3 Å². The molecule has 3 heterocycles. The second kappa shape index (κ2) is 9.63. The van der Waals surface area contributed by atoms with Gasteiger partial charge in [-0.15, -0.1) is 0 Å². The molecule has 0 saturated carbocycles. The van der Waals surface area contributed by atoms with E-state index in [4.69, 9.17) is 17.3 Å². The van der Waals surface area contributed by atoms with Gasteiger partial charge in [0.15, 0.2) is 0 Å². The van der Waals surface area contributed by atoms with E-state index in [1.165, 1.54) is 16.7 Å². The van der Waals surface area contributed by atoms with Gasteiger partial charge in [0, 0.05) is 18.5 Å². The first kappa shape index (κ1) is 22.8. The van der Waals surface area contributed by atoms with E-state index in [1.54, 1.807) is 42.5 Å². The standard InChI is InChI=1S/C23H19N3O5S2/c27-19(28)7-2-1-3-10-26-22(31)18(33-23(26)32)12-14-5-4-6-16(24-14)13-8-9-17-15(11-13)20(29)21(30)25-17/h4-6,8-9,11-12H,1-3,7,10H2,(H,27,28)(H,25,29,30). The number of aliphatic carboxylic acids is 1. The van der Waals surface area contributed by atoms with Gasteiger partial charge in [0.1, 0.15) is 4.32 Å². The molecule has 0 spiro atoms. The van der Waals surface area contributed by atoms with Crippen molar-refractivity contribution in [3.8, 4) is 11.3 Å². The second-order valence-electron chi connectivity index (χ2n) is 7.53. The molecule has 2 amide bonds. The van der Waals surface area contributed by atoms with E-state index in [2.05, 4.69) is 10.3 Å². The Morgan fingerprint density at radius 2 is 1.97 bits per heavy atom. The lowest BCUT2D eigenvalue weighted by Crippen LogP contribution is -2.29. The fourth-order valence-electron chi connectivity index (χ4n) is 3.54. The molecule has 1 saturated heterocycles. The fourth-order valence-corrected chi connectivity index (χ4v) is 4.84. The summed E-state index contributed by atoms with van der Waals surface area (Å²) in [6.45, 7) is 0.449. The van der Waals surface area contributed by atoms with Crippen LogP contribution >= 0.6 is 24.0 Å². The maximum absolute atomic E-state index is 12.8. The van der Waals surface area contributed by atoms with Crippen LogP contribution in [0.15, 0.2) is 41.3 Å². The van der Waals surface area contributed by atoms with Crippen LogP contribution in [0.3, 0.4) is 0 Å². The van der Waals surface area contributed by atoms with Crippen LogP contribution in [0, 0.1) is 0 Å². The summed E-state index contributed by atoms with van der Waals surface area (Å²) in [4.78, 5) is 53.5. The number of Topliss-reactive ketones (excluding diaryl/α,β-unsaturated/α-hetero) is 1. The molecule has 1 aromatic carbocycles. The Balaban J connectivity index is 1.47. The molecule has 2 aliphatic rings. The summed E-state index contributed by atoms with van der Waals surface area (Å²) in [5.41, 5.74) is 2.65. The number of thiocarbonyl (C=S) groups is 1. The zero-order chi connectivity index (χ0) is 23.5. The maximum atomic E-state index is 12.8. The summed E-state index contributed by atoms with van der Waals surface area (Å²) in [7, 11) is 0. The van der Waals surface area contributed by atoms with Crippen molar-refractivity contribution in [1.29, 1.82) is 0 Å². The van der Waals surface area contributed by atoms with Crippen molar-refractivity contribution in [3.05, 3.63) is 52.6 Å². The number of pyridine rings is 1. The molecule has 0 unspecified atom stereocenters. The molecule has 4 rings (SSSR count). The smallest absolute Gasteiger partial charge is 0.303 e. The van der Waals surface area contributed by atoms with Crippen LogP contribution in [0.4, 0.5) is 5.69 Å². The molecule has 33 heavy (non-hydrogen) atoms. The number of carbonyl (C=O) groups excluding carboxylic acids is 3. The fraction of sp³-hybridized carbons (Fsp3) is 0.217. The Morgan fingerprint density at radius 1 is 1.15 bits per heavy atom. The van der Waals surface area contributed by atoms with Crippen molar-refractivity contribution in [1.82, 2.24) is 9.88 Å². The van der Waals surface area contributed by atoms with E-state index < -0.39 is 17.7 Å². The Kier molecular flexibility index (Phi) is 6.66. The zero-order valence-electron chi connectivity index (χ0n) is 17.4. The summed E-state index contributed by atoms with van der Waals surface area (Å²) < 4.78 is 0.468. The Morgan fingerprint density at radius 3 is 2.76 bits per heavy atom. The number of benzene rings is 1. The van der Waals surface area contributed by atoms with Crippen molar-refractivity contribution < 1.29 is 24.3 Å². The monoisotopic (exact) mass is 481 g/mol. The average molecular weight is 482 g/mol. The predicted molar refractivity (Wildman–Crippen MR) is 129 cm³/mol. The van der Waals surface area contributed by atoms with Crippen LogP contribution in [-0.4, -0.2) is 49.4 Å². The van der Waals surface area contributed by atoms with Gasteiger partial charge in [0.25, 0.3) is 17.6 Å². The van der Waals surface area contributed by atoms with E-state index >= 15 is 0 Å². The Bertz CT molecular complexity index is 1220. The summed E-state index contributed by atoms with van der Waals surface area (Å²) in [6, 6.07) is 10.4. The van der Waals surface area contributed by atoms with Crippen LogP contribution in [0.2, 0.25) is 0 Å². The van der Waals surface area contributed by atoms with Gasteiger partial charge in [-0.05, 0) is 43.2 Å². The van der Waals surface area contributed by atoms with Crippen LogP contribution in [0.1, 0.15) is 41.7 Å². The number of hydrogen-bond acceptors (Lipinski definition) is 7. The van der Waals surface area contributed by atoms with Crippen LogP contribution in [0.25, 0.3) is 17.3 Å². The summed E-state index contributed by atoms with van der Waals surface area (Å²) in [5, 5.41) is 11.2. The van der Waals surface area contributed by atoms with Gasteiger partial charge < -0.3 is 10.4 Å². The number of unbranched alkanes of at least 4 members (excludes halogenated alkanes) is 2. The van der Waals surface area contributed by atoms with Crippen LogP contribution in [-0.2, 0) is 14.4 Å². The first-order chi connectivity index (χ1) is 15.8. The topological polar surface area (TPSA) is 117 Å². The van der Waals surface area contributed by atoms with Crippen molar-refractivity contribution in [3.63, 3.8) is 0 Å². The number of nitrogens with one attached hydrogen (secondary N) is 1. The number of amides is 2. The van der Waals surface area contributed by atoms with Gasteiger partial charge in [0.2, 0.25) is 0 Å². The minimum atomic E-state index is -0.824. The number of carboxylic acid groups (broad SMARTS) is 1. The highest BCUT2D eigenvalue weighted by molar-refractivity contribution is 8.26. The lowest BCUT2D eigenvalue weighted by Gasteiger charge is -2.13. The Hall–Kier alpha value is -3.37. The third kappa shape index (κ3) is 5.01. The molecule has 1 fully saturated rings. The highest BCUT2D eigenvalue weighted by atomic mass is 32.2. The number of thioether (sulfide) groups is 1. The first-order valence-corrected chi connectivity index (χ1v) is 11.5. The first-order valence-electron chi connectivity index (χ1n) is 10.3. The van der Waals surface area contributed by atoms with E-state index in [9.17, 15) is 19.2 Å². The molecule has 1 aromatic heterocycles. The van der Waals surface area contributed by atoms with E-state index in [0.29, 0.717) is 63.2 Å². The van der Waals surface area contributed by atoms with E-state index in [1.807, 2.05) is 0 Å². The minimum Gasteiger partial charge on any atom is -0.481 e. The van der Waals surface area contributed by atoms with Crippen molar-refractivity contribution in [2.75, 3.05) is 11.9 Å². The number of rotatable bonds is 8. The maximum Gasteiger partial charge on any atom is 0.303 e. The number of carbonyl (C=O) groups is 4. The molecule has 0 aliphatic carbocycles. The highest BCUT2D eigenvalue weighted by Crippen LogP contribution is 2.33. The predicted octanol–water partition coefficient (Wildman–Crippen LogP) is 3.73. The van der Waals surface area contributed by atoms with Crippen molar-refractivity contribution in [2.45, 2.75) is 25.7 Å². The summed E-state index contributed by atoms with van der Waals surface area (Å²) >= 11 is 6.55. The summed E-state index contributed by atoms with van der Waals surface area (Å²) in [6.07, 6.45) is 3.74. The average Bonchev–Trinajstić information content (AvgIpc) is 3.22. The number of aromatic nitrogens is 1. The third-order valence-corrected chi connectivity index (χ3v) is 6.59. The Labute approximate surface area is 199 Å². The van der Waals surface area contributed by atoms with Gasteiger partial charge in [-0.2, -0.15) is 0 Å². The van der Waals surface area contributed by atoms with Crippen LogP contribution < -0.4 is 5.32 Å².